The molecule has 0 aliphatic heterocycles. The van der Waals surface area contributed by atoms with Crippen molar-refractivity contribution >= 4 is 23.1 Å². The van der Waals surface area contributed by atoms with Gasteiger partial charge >= 0.3 is 0 Å². The molecule has 0 spiro atoms. The zero-order valence-electron chi connectivity index (χ0n) is 13.6. The largest absolute Gasteiger partial charge is 0.364 e. The van der Waals surface area contributed by atoms with Gasteiger partial charge in [-0.1, -0.05) is 23.7 Å². The van der Waals surface area contributed by atoms with Crippen molar-refractivity contribution < 1.29 is 4.90 Å². The van der Waals surface area contributed by atoms with Crippen molar-refractivity contribution in [2.24, 2.45) is 0 Å². The second-order valence-electron chi connectivity index (χ2n) is 5.97. The van der Waals surface area contributed by atoms with E-state index in [-0.39, 0.29) is 0 Å². The average Bonchev–Trinajstić information content (AvgIpc) is 2.91. The normalized spacial score (nSPS) is 11.3. The summed E-state index contributed by atoms with van der Waals surface area (Å²) < 4.78 is 1.86. The highest BCUT2D eigenvalue weighted by Gasteiger charge is 2.12. The number of aryl methyl sites for hydroxylation is 1. The maximum absolute atomic E-state index is 5.98. The van der Waals surface area contributed by atoms with Crippen molar-refractivity contribution in [1.82, 2.24) is 14.6 Å². The van der Waals surface area contributed by atoms with Crippen LogP contribution in [-0.4, -0.2) is 41.8 Å². The molecule has 1 aromatic carbocycles. The first-order valence-corrected chi connectivity index (χ1v) is 8.06. The third kappa shape index (κ3) is 3.46. The summed E-state index contributed by atoms with van der Waals surface area (Å²) in [6.45, 7) is 3.92. The van der Waals surface area contributed by atoms with Crippen LogP contribution in [0.15, 0.2) is 36.5 Å². The molecule has 0 saturated carbocycles. The number of halogens is 1. The van der Waals surface area contributed by atoms with E-state index >= 15 is 0 Å². The summed E-state index contributed by atoms with van der Waals surface area (Å²) in [5.41, 5.74) is 3.89. The Bertz CT molecular complexity index is 808. The average molecular weight is 331 g/mol. The van der Waals surface area contributed by atoms with Gasteiger partial charge in [-0.3, -0.25) is 0 Å². The number of hydrogen-bond acceptors (Lipinski definition) is 3. The first kappa shape index (κ1) is 15.8. The van der Waals surface area contributed by atoms with Crippen molar-refractivity contribution in [3.63, 3.8) is 0 Å². The van der Waals surface area contributed by atoms with E-state index in [9.17, 15) is 0 Å². The van der Waals surface area contributed by atoms with E-state index < -0.39 is 0 Å². The van der Waals surface area contributed by atoms with Crippen LogP contribution in [0.1, 0.15) is 5.69 Å². The van der Waals surface area contributed by atoms with Crippen LogP contribution >= 0.6 is 11.6 Å². The van der Waals surface area contributed by atoms with Crippen molar-refractivity contribution in [2.75, 3.05) is 32.5 Å². The molecule has 23 heavy (non-hydrogen) atoms. The van der Waals surface area contributed by atoms with Crippen molar-refractivity contribution in [3.05, 3.63) is 47.2 Å². The molecule has 0 aliphatic carbocycles. The van der Waals surface area contributed by atoms with E-state index in [0.717, 1.165) is 46.4 Å². The molecule has 6 heteroatoms. The summed E-state index contributed by atoms with van der Waals surface area (Å²) in [4.78, 5) is 6.07. The third-order valence-corrected chi connectivity index (χ3v) is 3.94. The van der Waals surface area contributed by atoms with Crippen molar-refractivity contribution in [2.45, 2.75) is 6.92 Å². The molecule has 0 aliphatic rings. The molecule has 0 saturated heterocycles. The number of aromatic nitrogens is 3. The Morgan fingerprint density at radius 1 is 1.22 bits per heavy atom. The maximum atomic E-state index is 5.98. The Balaban J connectivity index is 1.99. The molecule has 0 bridgehead atoms. The lowest BCUT2D eigenvalue weighted by atomic mass is 10.1. The first-order chi connectivity index (χ1) is 11.0. The lowest BCUT2D eigenvalue weighted by Gasteiger charge is -2.11. The monoisotopic (exact) mass is 330 g/mol. The fraction of sp³-hybridized carbons (Fsp3) is 0.294. The molecule has 5 nitrogen and oxygen atoms in total. The molecule has 3 aromatic rings. The van der Waals surface area contributed by atoms with Crippen LogP contribution in [-0.2, 0) is 0 Å². The summed E-state index contributed by atoms with van der Waals surface area (Å²) in [5, 5.41) is 8.69. The van der Waals surface area contributed by atoms with Gasteiger partial charge in [0.25, 0.3) is 0 Å². The summed E-state index contributed by atoms with van der Waals surface area (Å²) in [6, 6.07) is 9.78. The van der Waals surface area contributed by atoms with E-state index in [0.29, 0.717) is 0 Å². The topological polar surface area (TPSA) is 46.7 Å². The fourth-order valence-electron chi connectivity index (χ4n) is 2.48. The van der Waals surface area contributed by atoms with Gasteiger partial charge in [-0.25, -0.2) is 4.98 Å². The number of benzene rings is 1. The van der Waals surface area contributed by atoms with Crippen LogP contribution in [0, 0.1) is 6.92 Å². The Hall–Kier alpha value is -2.11. The van der Waals surface area contributed by atoms with Gasteiger partial charge < -0.3 is 10.2 Å². The van der Waals surface area contributed by atoms with Gasteiger partial charge in [0.15, 0.2) is 5.65 Å². The zero-order chi connectivity index (χ0) is 16.4. The van der Waals surface area contributed by atoms with Crippen LogP contribution in [0.2, 0.25) is 5.02 Å². The molecule has 0 amide bonds. The minimum absolute atomic E-state index is 0.725. The van der Waals surface area contributed by atoms with Crippen LogP contribution in [0.25, 0.3) is 16.8 Å². The van der Waals surface area contributed by atoms with E-state index in [1.807, 2.05) is 48.0 Å². The molecule has 0 unspecified atom stereocenters. The van der Waals surface area contributed by atoms with Gasteiger partial charge in [0, 0.05) is 22.3 Å². The third-order valence-electron chi connectivity index (χ3n) is 3.69. The maximum Gasteiger partial charge on any atom is 0.165 e. The summed E-state index contributed by atoms with van der Waals surface area (Å²) in [7, 11) is 4.28. The molecule has 2 heterocycles. The number of likely N-dealkylation sites (N-methyl/N-ethyl adjacent to an activating group) is 1. The standard InChI is InChI=1S/C17H20ClN5/c1-12-10-16(19-8-9-22(2)3)23-17(21-12)15(11-20-23)13-4-6-14(18)7-5-13/h4-7,10-11,19H,8-9H2,1-3H3/p+1. The van der Waals surface area contributed by atoms with Crippen LogP contribution < -0.4 is 10.2 Å². The molecule has 120 valence electrons. The summed E-state index contributed by atoms with van der Waals surface area (Å²) >= 11 is 5.98. The lowest BCUT2D eigenvalue weighted by molar-refractivity contribution is -0.856. The number of anilines is 1. The van der Waals surface area contributed by atoms with E-state index in [1.165, 1.54) is 4.90 Å². The second kappa shape index (κ2) is 6.56. The zero-order valence-corrected chi connectivity index (χ0v) is 14.4. The Morgan fingerprint density at radius 3 is 2.65 bits per heavy atom. The van der Waals surface area contributed by atoms with Crippen LogP contribution in [0.5, 0.6) is 0 Å². The minimum Gasteiger partial charge on any atom is -0.364 e. The van der Waals surface area contributed by atoms with Crippen LogP contribution in [0.4, 0.5) is 5.82 Å². The minimum atomic E-state index is 0.725. The number of quaternary nitrogens is 1. The Morgan fingerprint density at radius 2 is 1.96 bits per heavy atom. The molecular weight excluding hydrogens is 310 g/mol. The Kier molecular flexibility index (Phi) is 4.50. The predicted octanol–water partition coefficient (Wildman–Crippen LogP) is 1.91. The SMILES string of the molecule is Cc1cc(NCC[NH+](C)C)n2ncc(-c3ccc(Cl)cc3)c2n1. The van der Waals surface area contributed by atoms with E-state index in [1.54, 1.807) is 0 Å². The quantitative estimate of drug-likeness (QED) is 0.751. The first-order valence-electron chi connectivity index (χ1n) is 7.69. The second-order valence-corrected chi connectivity index (χ2v) is 6.40. The van der Waals surface area contributed by atoms with Gasteiger partial charge in [-0.15, -0.1) is 0 Å². The molecule has 0 atom stereocenters. The number of nitrogens with zero attached hydrogens (tertiary/aromatic N) is 3. The molecule has 0 radical (unpaired) electrons. The number of hydrogen-bond donors (Lipinski definition) is 2. The molecule has 2 N–H and O–H groups in total. The summed E-state index contributed by atoms with van der Waals surface area (Å²) in [6.07, 6.45) is 1.85. The highest BCUT2D eigenvalue weighted by atomic mass is 35.5. The number of nitrogens with one attached hydrogen (secondary N) is 2. The highest BCUT2D eigenvalue weighted by Crippen LogP contribution is 2.26. The molecule has 2 aromatic heterocycles. The van der Waals surface area contributed by atoms with Gasteiger partial charge in [0.1, 0.15) is 5.82 Å². The van der Waals surface area contributed by atoms with Gasteiger partial charge in [0.2, 0.25) is 0 Å². The van der Waals surface area contributed by atoms with Gasteiger partial charge in [-0.05, 0) is 24.6 Å². The summed E-state index contributed by atoms with van der Waals surface area (Å²) in [5.74, 6) is 0.967. The van der Waals surface area contributed by atoms with Gasteiger partial charge in [0.05, 0.1) is 33.4 Å². The number of fused-ring (bicyclic) bond motifs is 1. The molecular formula is C17H21ClN5+. The predicted molar refractivity (Wildman–Crippen MR) is 94.3 cm³/mol. The van der Waals surface area contributed by atoms with Crippen molar-refractivity contribution in [3.8, 4) is 11.1 Å². The van der Waals surface area contributed by atoms with Crippen LogP contribution in [0.3, 0.4) is 0 Å². The van der Waals surface area contributed by atoms with Crippen molar-refractivity contribution in [1.29, 1.82) is 0 Å². The van der Waals surface area contributed by atoms with Gasteiger partial charge in [-0.2, -0.15) is 9.61 Å². The van der Waals surface area contributed by atoms with E-state index in [4.69, 9.17) is 11.6 Å². The van der Waals surface area contributed by atoms with E-state index in [2.05, 4.69) is 29.5 Å². The lowest BCUT2D eigenvalue weighted by Crippen LogP contribution is -3.06. The number of rotatable bonds is 5. The Labute approximate surface area is 140 Å². The highest BCUT2D eigenvalue weighted by molar-refractivity contribution is 6.30. The fourth-order valence-corrected chi connectivity index (χ4v) is 2.61. The smallest absolute Gasteiger partial charge is 0.165 e. The molecule has 3 rings (SSSR count). The molecule has 0 fully saturated rings.